The summed E-state index contributed by atoms with van der Waals surface area (Å²) in [6, 6.07) is 17.3. The van der Waals surface area contributed by atoms with Crippen LogP contribution < -0.4 is 10.2 Å². The monoisotopic (exact) mass is 473 g/mol. The summed E-state index contributed by atoms with van der Waals surface area (Å²) in [6.45, 7) is 6.06. The number of morpholine rings is 1. The number of nitrogens with one attached hydrogen (secondary N) is 1. The number of benzene rings is 2. The minimum absolute atomic E-state index is 0.124. The predicted octanol–water partition coefficient (Wildman–Crippen LogP) is 4.36. The van der Waals surface area contributed by atoms with Gasteiger partial charge in [0.2, 0.25) is 0 Å². The molecule has 0 aliphatic carbocycles. The van der Waals surface area contributed by atoms with E-state index in [9.17, 15) is 9.18 Å². The highest BCUT2D eigenvalue weighted by Crippen LogP contribution is 2.22. The summed E-state index contributed by atoms with van der Waals surface area (Å²) < 4.78 is 21.4. The first-order valence-corrected chi connectivity index (χ1v) is 11.8. The molecule has 2 aromatic carbocycles. The molecule has 0 bridgehead atoms. The summed E-state index contributed by atoms with van der Waals surface area (Å²) >= 11 is 0. The largest absolute Gasteiger partial charge is 0.372 e. The average Bonchev–Trinajstić information content (AvgIpc) is 3.26. The number of hydrogen-bond donors (Lipinski definition) is 1. The molecular weight excluding hydrogens is 445 g/mol. The lowest BCUT2D eigenvalue weighted by atomic mass is 10.1. The first-order chi connectivity index (χ1) is 17.0. The van der Waals surface area contributed by atoms with Crippen LogP contribution in [0.15, 0.2) is 73.2 Å². The van der Waals surface area contributed by atoms with Gasteiger partial charge in [-0.25, -0.2) is 14.4 Å². The van der Waals surface area contributed by atoms with Crippen molar-refractivity contribution in [2.75, 3.05) is 18.0 Å². The van der Waals surface area contributed by atoms with Crippen molar-refractivity contribution in [3.05, 3.63) is 90.1 Å². The standard InChI is InChI=1S/C27H28FN5O2/c1-18-14-32(15-19(2)35-18)26-12-9-21(13-29-26)27(34)31-24(20-7-10-22(28)11-8-20)16-33-17-30-23-5-3-4-6-25(23)33/h3-13,17-19,24H,14-16H2,1-2H3,(H,31,34). The molecule has 1 aliphatic heterocycles. The van der Waals surface area contributed by atoms with Crippen LogP contribution in [-0.4, -0.2) is 45.7 Å². The molecule has 4 aromatic rings. The van der Waals surface area contributed by atoms with Crippen LogP contribution in [0.5, 0.6) is 0 Å². The highest BCUT2D eigenvalue weighted by atomic mass is 19.1. The van der Waals surface area contributed by atoms with Crippen LogP contribution in [0.2, 0.25) is 0 Å². The van der Waals surface area contributed by atoms with Crippen LogP contribution in [-0.2, 0) is 11.3 Å². The molecule has 0 radical (unpaired) electrons. The molecule has 0 saturated carbocycles. The number of fused-ring (bicyclic) bond motifs is 1. The maximum absolute atomic E-state index is 13.6. The Kier molecular flexibility index (Phi) is 6.46. The SMILES string of the molecule is CC1CN(c2ccc(C(=O)NC(Cn3cnc4ccccc43)c3ccc(F)cc3)cn2)CC(C)O1. The molecule has 3 unspecified atom stereocenters. The molecule has 2 aromatic heterocycles. The number of imidazole rings is 1. The van der Waals surface area contributed by atoms with Crippen molar-refractivity contribution in [3.63, 3.8) is 0 Å². The van der Waals surface area contributed by atoms with E-state index in [1.165, 1.54) is 12.1 Å². The third kappa shape index (κ3) is 5.17. The highest BCUT2D eigenvalue weighted by molar-refractivity contribution is 5.94. The Balaban J connectivity index is 1.36. The van der Waals surface area contributed by atoms with Crippen LogP contribution in [0, 0.1) is 5.82 Å². The number of aromatic nitrogens is 3. The molecule has 7 nitrogen and oxygen atoms in total. The smallest absolute Gasteiger partial charge is 0.253 e. The first-order valence-electron chi connectivity index (χ1n) is 11.8. The van der Waals surface area contributed by atoms with Crippen LogP contribution >= 0.6 is 0 Å². The van der Waals surface area contributed by atoms with E-state index in [1.807, 2.05) is 48.7 Å². The van der Waals surface area contributed by atoms with Gasteiger partial charge in [-0.3, -0.25) is 4.79 Å². The van der Waals surface area contributed by atoms with E-state index in [-0.39, 0.29) is 30.0 Å². The third-order valence-corrected chi connectivity index (χ3v) is 6.24. The summed E-state index contributed by atoms with van der Waals surface area (Å²) in [7, 11) is 0. The van der Waals surface area contributed by atoms with Gasteiger partial charge in [0, 0.05) is 25.8 Å². The molecule has 8 heteroatoms. The maximum Gasteiger partial charge on any atom is 0.253 e. The Morgan fingerprint density at radius 1 is 1.06 bits per heavy atom. The zero-order valence-electron chi connectivity index (χ0n) is 19.8. The van der Waals surface area contributed by atoms with Gasteiger partial charge in [-0.1, -0.05) is 24.3 Å². The number of ether oxygens (including phenoxy) is 1. The lowest BCUT2D eigenvalue weighted by Gasteiger charge is -2.36. The number of amides is 1. The maximum atomic E-state index is 13.6. The van der Waals surface area contributed by atoms with Crippen LogP contribution in [0.3, 0.4) is 0 Å². The number of halogens is 1. The zero-order chi connectivity index (χ0) is 24.4. The number of rotatable bonds is 6. The zero-order valence-corrected chi connectivity index (χ0v) is 19.8. The van der Waals surface area contributed by atoms with E-state index in [0.29, 0.717) is 12.1 Å². The van der Waals surface area contributed by atoms with Gasteiger partial charge < -0.3 is 19.5 Å². The molecule has 0 spiro atoms. The third-order valence-electron chi connectivity index (χ3n) is 6.24. The van der Waals surface area contributed by atoms with Gasteiger partial charge in [0.25, 0.3) is 5.91 Å². The van der Waals surface area contributed by atoms with Gasteiger partial charge in [-0.05, 0) is 55.8 Å². The lowest BCUT2D eigenvalue weighted by molar-refractivity contribution is -0.00546. The number of anilines is 1. The van der Waals surface area contributed by atoms with E-state index in [4.69, 9.17) is 4.74 Å². The van der Waals surface area contributed by atoms with Crippen molar-refractivity contribution in [1.82, 2.24) is 19.9 Å². The van der Waals surface area contributed by atoms with Gasteiger partial charge in [-0.15, -0.1) is 0 Å². The van der Waals surface area contributed by atoms with Gasteiger partial charge in [0.05, 0.1) is 41.2 Å². The average molecular weight is 474 g/mol. The fourth-order valence-electron chi connectivity index (χ4n) is 4.60. The van der Waals surface area contributed by atoms with E-state index in [1.54, 1.807) is 30.7 Å². The number of carbonyl (C=O) groups is 1. The van der Waals surface area contributed by atoms with Crippen molar-refractivity contribution in [1.29, 1.82) is 0 Å². The molecule has 1 saturated heterocycles. The van der Waals surface area contributed by atoms with Gasteiger partial charge in [-0.2, -0.15) is 0 Å². The number of pyridine rings is 1. The van der Waals surface area contributed by atoms with Gasteiger partial charge in [0.15, 0.2) is 0 Å². The van der Waals surface area contributed by atoms with Gasteiger partial charge >= 0.3 is 0 Å². The Morgan fingerprint density at radius 3 is 2.51 bits per heavy atom. The lowest BCUT2D eigenvalue weighted by Crippen LogP contribution is -2.45. The fraction of sp³-hybridized carbons (Fsp3) is 0.296. The van der Waals surface area contributed by atoms with Crippen molar-refractivity contribution >= 4 is 22.8 Å². The van der Waals surface area contributed by atoms with E-state index in [2.05, 4.69) is 20.2 Å². The second-order valence-electron chi connectivity index (χ2n) is 9.03. The van der Waals surface area contributed by atoms with Crippen molar-refractivity contribution in [2.24, 2.45) is 0 Å². The number of carbonyl (C=O) groups excluding carboxylic acids is 1. The van der Waals surface area contributed by atoms with Gasteiger partial charge in [0.1, 0.15) is 11.6 Å². The quantitative estimate of drug-likeness (QED) is 0.451. The Morgan fingerprint density at radius 2 is 1.80 bits per heavy atom. The predicted molar refractivity (Wildman–Crippen MR) is 133 cm³/mol. The second kappa shape index (κ2) is 9.84. The van der Waals surface area contributed by atoms with Crippen molar-refractivity contribution < 1.29 is 13.9 Å². The molecule has 1 N–H and O–H groups in total. The van der Waals surface area contributed by atoms with Crippen molar-refractivity contribution in [2.45, 2.75) is 38.6 Å². The minimum atomic E-state index is -0.388. The second-order valence-corrected chi connectivity index (χ2v) is 9.03. The molecule has 1 aliphatic rings. The molecule has 35 heavy (non-hydrogen) atoms. The molecule has 180 valence electrons. The van der Waals surface area contributed by atoms with E-state index < -0.39 is 0 Å². The first kappa shape index (κ1) is 23.0. The van der Waals surface area contributed by atoms with Crippen LogP contribution in [0.25, 0.3) is 11.0 Å². The summed E-state index contributed by atoms with van der Waals surface area (Å²) in [5, 5.41) is 3.10. The molecule has 1 amide bonds. The summed E-state index contributed by atoms with van der Waals surface area (Å²) in [4.78, 5) is 24.4. The van der Waals surface area contributed by atoms with E-state index >= 15 is 0 Å². The normalized spacial score (nSPS) is 19.0. The number of hydrogen-bond acceptors (Lipinski definition) is 5. The minimum Gasteiger partial charge on any atom is -0.372 e. The summed E-state index contributed by atoms with van der Waals surface area (Å²) in [5.41, 5.74) is 3.11. The summed E-state index contributed by atoms with van der Waals surface area (Å²) in [6.07, 6.45) is 3.61. The van der Waals surface area contributed by atoms with Crippen LogP contribution in [0.1, 0.15) is 35.8 Å². The molecule has 3 heterocycles. The molecular formula is C27H28FN5O2. The molecule has 1 fully saturated rings. The van der Waals surface area contributed by atoms with Crippen LogP contribution in [0.4, 0.5) is 10.2 Å². The van der Waals surface area contributed by atoms with E-state index in [0.717, 1.165) is 35.5 Å². The molecule has 5 rings (SSSR count). The Hall–Kier alpha value is -3.78. The van der Waals surface area contributed by atoms with Crippen molar-refractivity contribution in [3.8, 4) is 0 Å². The Bertz CT molecular complexity index is 1300. The number of para-hydroxylation sites is 2. The highest BCUT2D eigenvalue weighted by Gasteiger charge is 2.24. The fourth-order valence-corrected chi connectivity index (χ4v) is 4.60. The summed E-state index contributed by atoms with van der Waals surface area (Å²) in [5.74, 6) is 0.258. The topological polar surface area (TPSA) is 72.3 Å². The molecule has 3 atom stereocenters. The number of nitrogens with zero attached hydrogens (tertiary/aromatic N) is 4. The Labute approximate surface area is 203 Å².